The van der Waals surface area contributed by atoms with Gasteiger partial charge in [-0.1, -0.05) is 12.5 Å². The maximum absolute atomic E-state index is 6.14. The van der Waals surface area contributed by atoms with Gasteiger partial charge in [0.15, 0.2) is 0 Å². The fourth-order valence-corrected chi connectivity index (χ4v) is 6.56. The van der Waals surface area contributed by atoms with Gasteiger partial charge in [0, 0.05) is 55.1 Å². The highest BCUT2D eigenvalue weighted by atomic mass is 16.5. The van der Waals surface area contributed by atoms with Crippen molar-refractivity contribution in [3.8, 4) is 0 Å². The lowest BCUT2D eigenvalue weighted by atomic mass is 9.78. The molecule has 1 aliphatic carbocycles. The van der Waals surface area contributed by atoms with Crippen LogP contribution in [0.4, 0.5) is 11.5 Å². The van der Waals surface area contributed by atoms with E-state index in [4.69, 9.17) is 9.73 Å². The Morgan fingerprint density at radius 3 is 2.63 bits per heavy atom. The average Bonchev–Trinajstić information content (AvgIpc) is 3.67. The Bertz CT molecular complexity index is 1250. The highest BCUT2D eigenvalue weighted by molar-refractivity contribution is 6.05. The van der Waals surface area contributed by atoms with Crippen molar-refractivity contribution in [3.63, 3.8) is 0 Å². The van der Waals surface area contributed by atoms with Crippen molar-refractivity contribution in [2.24, 2.45) is 15.0 Å². The molecule has 8 nitrogen and oxygen atoms in total. The second kappa shape index (κ2) is 10.9. The number of piperazine rings is 1. The number of aromatic nitrogens is 2. The Morgan fingerprint density at radius 2 is 2.00 bits per heavy atom. The van der Waals surface area contributed by atoms with Gasteiger partial charge in [-0.15, -0.1) is 0 Å². The molecule has 3 unspecified atom stereocenters. The van der Waals surface area contributed by atoms with E-state index >= 15 is 0 Å². The van der Waals surface area contributed by atoms with Crippen LogP contribution >= 0.6 is 0 Å². The van der Waals surface area contributed by atoms with Crippen LogP contribution < -0.4 is 5.32 Å². The van der Waals surface area contributed by atoms with Crippen molar-refractivity contribution in [2.75, 3.05) is 32.7 Å². The third-order valence-corrected chi connectivity index (χ3v) is 8.89. The summed E-state index contributed by atoms with van der Waals surface area (Å²) in [7, 11) is 0. The number of ether oxygens (including phenoxy) is 1. The molecule has 3 atom stereocenters. The molecule has 38 heavy (non-hydrogen) atoms. The van der Waals surface area contributed by atoms with E-state index in [9.17, 15) is 0 Å². The van der Waals surface area contributed by atoms with E-state index in [2.05, 4.69) is 62.7 Å². The number of hydrogen-bond donors (Lipinski definition) is 2. The van der Waals surface area contributed by atoms with Crippen LogP contribution in [-0.2, 0) is 4.74 Å². The molecule has 4 aliphatic rings. The number of nitrogens with zero attached hydrogens (tertiary/aromatic N) is 5. The smallest absolute Gasteiger partial charge is 0.137 e. The van der Waals surface area contributed by atoms with Gasteiger partial charge in [-0.25, -0.2) is 4.99 Å². The molecule has 2 aromatic heterocycles. The summed E-state index contributed by atoms with van der Waals surface area (Å²) < 4.78 is 6.14. The highest BCUT2D eigenvalue weighted by Gasteiger charge is 2.42. The summed E-state index contributed by atoms with van der Waals surface area (Å²) in [5.41, 5.74) is 6.61. The molecule has 3 saturated heterocycles. The van der Waals surface area contributed by atoms with E-state index < -0.39 is 0 Å². The third-order valence-electron chi connectivity index (χ3n) is 8.89. The van der Waals surface area contributed by atoms with Crippen LogP contribution in [0.15, 0.2) is 39.5 Å². The first-order valence-corrected chi connectivity index (χ1v) is 14.2. The number of H-pyrrole nitrogens is 1. The van der Waals surface area contributed by atoms with Crippen LogP contribution in [0.25, 0.3) is 5.57 Å². The van der Waals surface area contributed by atoms with Crippen LogP contribution in [0.5, 0.6) is 0 Å². The lowest BCUT2D eigenvalue weighted by molar-refractivity contribution is 0.100. The molecule has 200 valence electrons. The number of fused-ring (bicyclic) bond motifs is 2. The zero-order valence-electron chi connectivity index (χ0n) is 22.5. The summed E-state index contributed by atoms with van der Waals surface area (Å²) in [5.74, 6) is 2.75. The van der Waals surface area contributed by atoms with E-state index in [0.717, 1.165) is 73.1 Å². The number of rotatable bonds is 8. The minimum absolute atomic E-state index is 0.317. The average molecular weight is 514 g/mol. The van der Waals surface area contributed by atoms with Crippen LogP contribution in [-0.4, -0.2) is 79.1 Å². The first kappa shape index (κ1) is 25.2. The molecule has 0 radical (unpaired) electrons. The lowest BCUT2D eigenvalue weighted by Crippen LogP contribution is -2.47. The second-order valence-corrected chi connectivity index (χ2v) is 11.0. The minimum Gasteiger partial charge on any atom is -0.374 e. The van der Waals surface area contributed by atoms with Gasteiger partial charge in [-0.3, -0.25) is 15.0 Å². The number of amidine groups is 1. The summed E-state index contributed by atoms with van der Waals surface area (Å²) in [6, 6.07) is 2.26. The van der Waals surface area contributed by atoms with Crippen molar-refractivity contribution >= 4 is 36.3 Å². The summed E-state index contributed by atoms with van der Waals surface area (Å²) in [6.45, 7) is 14.1. The van der Waals surface area contributed by atoms with Gasteiger partial charge in [0.25, 0.3) is 0 Å². The van der Waals surface area contributed by atoms with Crippen LogP contribution in [0.2, 0.25) is 0 Å². The van der Waals surface area contributed by atoms with Crippen LogP contribution in [0.1, 0.15) is 79.7 Å². The minimum atomic E-state index is 0.317. The molecule has 2 N–H and O–H groups in total. The standard InChI is InChI=1S/C30H39N7O/c1-4-19(22-15-25(36-29(22)32-3)23-14-21-8-9-27(23)38-21)16-35-30(37-12-10-33-11-13-37)28-24(20-6-5-7-20)17-34-18-26(28)31-2/h4,15,17-18,20-21,23,27,33,36H,2-3,5-14,16H2,1H3/b19-4-,35-30?. The Labute approximate surface area is 225 Å². The predicted molar refractivity (Wildman–Crippen MR) is 155 cm³/mol. The van der Waals surface area contributed by atoms with Gasteiger partial charge < -0.3 is 19.9 Å². The fourth-order valence-electron chi connectivity index (χ4n) is 6.56. The SMILES string of the molecule is C=Nc1cncc(C2CCC2)c1C(=NC/C(=C/C)c1cc(C2CC3CCC2O3)[nH]c1N=C)N1CCNCC1. The fraction of sp³-hybridized carbons (Fsp3) is 0.533. The number of allylic oxidation sites excluding steroid dienone is 1. The molecule has 4 fully saturated rings. The topological polar surface area (TPSA) is 90.3 Å². The molecule has 0 aromatic carbocycles. The molecule has 2 aromatic rings. The van der Waals surface area contributed by atoms with Crippen molar-refractivity contribution in [2.45, 2.75) is 69.5 Å². The summed E-state index contributed by atoms with van der Waals surface area (Å²) in [5, 5.41) is 3.48. The van der Waals surface area contributed by atoms with Gasteiger partial charge >= 0.3 is 0 Å². The van der Waals surface area contributed by atoms with Crippen molar-refractivity contribution in [1.29, 1.82) is 0 Å². The molecule has 5 heterocycles. The maximum Gasteiger partial charge on any atom is 0.137 e. The molecular weight excluding hydrogens is 474 g/mol. The summed E-state index contributed by atoms with van der Waals surface area (Å²) in [4.78, 5) is 24.6. The Hall–Kier alpha value is -3.10. The molecule has 8 heteroatoms. The molecule has 2 bridgehead atoms. The van der Waals surface area contributed by atoms with E-state index in [0.29, 0.717) is 30.6 Å². The van der Waals surface area contributed by atoms with Crippen molar-refractivity contribution < 1.29 is 4.74 Å². The number of nitrogens with one attached hydrogen (secondary N) is 2. The highest BCUT2D eigenvalue weighted by Crippen LogP contribution is 2.46. The first-order valence-electron chi connectivity index (χ1n) is 14.2. The van der Waals surface area contributed by atoms with Gasteiger partial charge in [0.1, 0.15) is 11.7 Å². The first-order chi connectivity index (χ1) is 18.7. The normalized spacial score (nSPS) is 26.0. The van der Waals surface area contributed by atoms with Crippen molar-refractivity contribution in [3.05, 3.63) is 46.9 Å². The van der Waals surface area contributed by atoms with Gasteiger partial charge in [0.05, 0.1) is 30.6 Å². The van der Waals surface area contributed by atoms with Gasteiger partial charge in [-0.2, -0.15) is 0 Å². The Kier molecular flexibility index (Phi) is 7.26. The molecule has 1 saturated carbocycles. The number of pyridine rings is 1. The number of aromatic amines is 1. The second-order valence-electron chi connectivity index (χ2n) is 11.0. The van der Waals surface area contributed by atoms with Crippen LogP contribution in [0.3, 0.4) is 0 Å². The van der Waals surface area contributed by atoms with Crippen molar-refractivity contribution in [1.82, 2.24) is 20.2 Å². The maximum atomic E-state index is 6.14. The summed E-state index contributed by atoms with van der Waals surface area (Å²) >= 11 is 0. The van der Waals surface area contributed by atoms with Crippen LogP contribution in [0, 0.1) is 0 Å². The zero-order chi connectivity index (χ0) is 26.1. The van der Waals surface area contributed by atoms with Gasteiger partial charge in [0.2, 0.25) is 0 Å². The van der Waals surface area contributed by atoms with E-state index in [-0.39, 0.29) is 0 Å². The number of aliphatic imine (C=N–C) groups is 3. The molecular formula is C30H39N7O. The molecule has 0 amide bonds. The molecule has 6 rings (SSSR count). The zero-order valence-corrected chi connectivity index (χ0v) is 22.5. The number of hydrogen-bond acceptors (Lipinski definition) is 6. The predicted octanol–water partition coefficient (Wildman–Crippen LogP) is 5.13. The van der Waals surface area contributed by atoms with E-state index in [1.807, 2.05) is 12.4 Å². The Balaban J connectivity index is 1.35. The molecule has 3 aliphatic heterocycles. The van der Waals surface area contributed by atoms with E-state index in [1.54, 1.807) is 0 Å². The third kappa shape index (κ3) is 4.64. The van der Waals surface area contributed by atoms with Gasteiger partial charge in [-0.05, 0) is 75.6 Å². The lowest BCUT2D eigenvalue weighted by Gasteiger charge is -2.34. The van der Waals surface area contributed by atoms with E-state index in [1.165, 1.54) is 36.9 Å². The summed E-state index contributed by atoms with van der Waals surface area (Å²) in [6.07, 6.45) is 13.8. The largest absolute Gasteiger partial charge is 0.374 e. The Morgan fingerprint density at radius 1 is 1.16 bits per heavy atom. The monoisotopic (exact) mass is 513 g/mol. The quantitative estimate of drug-likeness (QED) is 0.378. The molecule has 0 spiro atoms.